The first-order chi connectivity index (χ1) is 10.4. The summed E-state index contributed by atoms with van der Waals surface area (Å²) >= 11 is 0. The lowest BCUT2D eigenvalue weighted by Crippen LogP contribution is -2.37. The van der Waals surface area contributed by atoms with Crippen molar-refractivity contribution in [3.8, 4) is 0 Å². The highest BCUT2D eigenvalue weighted by atomic mass is 16.5. The number of nitrogens with zero attached hydrogens (tertiary/aromatic N) is 1. The summed E-state index contributed by atoms with van der Waals surface area (Å²) < 4.78 is 11.1. The third-order valence-electron chi connectivity index (χ3n) is 3.58. The Morgan fingerprint density at radius 2 is 2.00 bits per heavy atom. The lowest BCUT2D eigenvalue weighted by molar-refractivity contribution is 0.0205. The topological polar surface area (TPSA) is 54.9 Å². The first-order valence-electron chi connectivity index (χ1n) is 8.54. The Kier molecular flexibility index (Phi) is 11.2. The van der Waals surface area contributed by atoms with Gasteiger partial charge < -0.3 is 20.1 Å². The molecule has 1 heterocycles. The lowest BCUT2D eigenvalue weighted by atomic mass is 10.0. The molecule has 0 saturated carbocycles. The summed E-state index contributed by atoms with van der Waals surface area (Å²) in [6.45, 7) is 10.5. The molecule has 5 heteroatoms. The number of aliphatic imine (C=N–C) groups is 1. The van der Waals surface area contributed by atoms with Gasteiger partial charge in [0.15, 0.2) is 5.96 Å². The molecule has 2 N–H and O–H groups in total. The maximum absolute atomic E-state index is 5.75. The number of guanidine groups is 1. The Bertz CT molecular complexity index is 266. The minimum absolute atomic E-state index is 0.690. The van der Waals surface area contributed by atoms with Gasteiger partial charge in [-0.3, -0.25) is 4.99 Å². The predicted octanol–water partition coefficient (Wildman–Crippen LogP) is 2.17. The van der Waals surface area contributed by atoms with E-state index in [1.807, 2.05) is 0 Å². The van der Waals surface area contributed by atoms with Crippen LogP contribution in [0.15, 0.2) is 4.99 Å². The molecule has 5 nitrogen and oxygen atoms in total. The van der Waals surface area contributed by atoms with Crippen molar-refractivity contribution in [2.45, 2.75) is 46.0 Å². The van der Waals surface area contributed by atoms with Crippen molar-refractivity contribution in [1.29, 1.82) is 0 Å². The van der Waals surface area contributed by atoms with E-state index >= 15 is 0 Å². The molecule has 0 radical (unpaired) electrons. The van der Waals surface area contributed by atoms with Crippen LogP contribution in [0.25, 0.3) is 0 Å². The molecule has 0 atom stereocenters. The zero-order valence-electron chi connectivity index (χ0n) is 13.8. The smallest absolute Gasteiger partial charge is 0.191 e. The monoisotopic (exact) mass is 299 g/mol. The second-order valence-corrected chi connectivity index (χ2v) is 5.53. The molecule has 0 spiro atoms. The van der Waals surface area contributed by atoms with Crippen molar-refractivity contribution in [2.24, 2.45) is 10.9 Å². The van der Waals surface area contributed by atoms with E-state index in [-0.39, 0.29) is 0 Å². The molecule has 0 aliphatic carbocycles. The van der Waals surface area contributed by atoms with E-state index < -0.39 is 0 Å². The van der Waals surface area contributed by atoms with Crippen LogP contribution >= 0.6 is 0 Å². The molecule has 1 aliphatic rings. The zero-order chi connectivity index (χ0) is 15.2. The van der Waals surface area contributed by atoms with Crippen LogP contribution in [0.1, 0.15) is 46.0 Å². The van der Waals surface area contributed by atoms with E-state index in [0.717, 1.165) is 71.3 Å². The van der Waals surface area contributed by atoms with E-state index in [4.69, 9.17) is 9.47 Å². The molecule has 0 aromatic carbocycles. The molecule has 1 saturated heterocycles. The molecule has 0 amide bonds. The summed E-state index contributed by atoms with van der Waals surface area (Å²) in [5.41, 5.74) is 0. The maximum atomic E-state index is 5.75. The molecule has 0 aromatic rings. The van der Waals surface area contributed by atoms with E-state index in [1.165, 1.54) is 12.8 Å². The van der Waals surface area contributed by atoms with Crippen molar-refractivity contribution in [2.75, 3.05) is 46.1 Å². The van der Waals surface area contributed by atoms with Crippen LogP contribution in [-0.2, 0) is 9.47 Å². The summed E-state index contributed by atoms with van der Waals surface area (Å²) in [7, 11) is 0. The third-order valence-corrected chi connectivity index (χ3v) is 3.58. The lowest BCUT2D eigenvalue weighted by Gasteiger charge is -2.21. The summed E-state index contributed by atoms with van der Waals surface area (Å²) in [5.74, 6) is 1.62. The van der Waals surface area contributed by atoms with Gasteiger partial charge in [0.2, 0.25) is 0 Å². The molecule has 21 heavy (non-hydrogen) atoms. The number of unbranched alkanes of at least 4 members (excludes halogenated alkanes) is 1. The summed E-state index contributed by atoms with van der Waals surface area (Å²) in [5, 5.41) is 6.62. The van der Waals surface area contributed by atoms with Crippen LogP contribution in [-0.4, -0.2) is 52.0 Å². The second kappa shape index (κ2) is 12.9. The van der Waals surface area contributed by atoms with E-state index in [0.29, 0.717) is 5.92 Å². The van der Waals surface area contributed by atoms with Crippen LogP contribution < -0.4 is 10.6 Å². The van der Waals surface area contributed by atoms with Crippen molar-refractivity contribution in [3.05, 3.63) is 0 Å². The molecule has 1 fully saturated rings. The summed E-state index contributed by atoms with van der Waals surface area (Å²) in [6.07, 6.45) is 5.65. The van der Waals surface area contributed by atoms with Gasteiger partial charge >= 0.3 is 0 Å². The fraction of sp³-hybridized carbons (Fsp3) is 0.938. The molecule has 124 valence electrons. The van der Waals surface area contributed by atoms with Gasteiger partial charge in [-0.15, -0.1) is 0 Å². The van der Waals surface area contributed by atoms with Gasteiger partial charge in [-0.25, -0.2) is 0 Å². The van der Waals surface area contributed by atoms with Crippen LogP contribution in [0, 0.1) is 5.92 Å². The zero-order valence-corrected chi connectivity index (χ0v) is 13.8. The fourth-order valence-corrected chi connectivity index (χ4v) is 2.25. The first-order valence-corrected chi connectivity index (χ1v) is 8.54. The van der Waals surface area contributed by atoms with Gasteiger partial charge in [0.1, 0.15) is 0 Å². The van der Waals surface area contributed by atoms with Gasteiger partial charge in [0.05, 0.1) is 0 Å². The molecule has 0 unspecified atom stereocenters. The Balaban J connectivity index is 2.03. The van der Waals surface area contributed by atoms with Crippen molar-refractivity contribution in [3.63, 3.8) is 0 Å². The molecular weight excluding hydrogens is 266 g/mol. The fourth-order valence-electron chi connectivity index (χ4n) is 2.25. The highest BCUT2D eigenvalue weighted by Gasteiger charge is 2.13. The number of nitrogens with one attached hydrogen (secondary N) is 2. The number of hydrogen-bond acceptors (Lipinski definition) is 3. The minimum atomic E-state index is 0.690. The van der Waals surface area contributed by atoms with E-state index in [9.17, 15) is 0 Å². The van der Waals surface area contributed by atoms with E-state index in [2.05, 4.69) is 29.5 Å². The van der Waals surface area contributed by atoms with Crippen LogP contribution in [0.5, 0.6) is 0 Å². The largest absolute Gasteiger partial charge is 0.381 e. The summed E-state index contributed by atoms with van der Waals surface area (Å²) in [6, 6.07) is 0. The van der Waals surface area contributed by atoms with Crippen LogP contribution in [0.4, 0.5) is 0 Å². The van der Waals surface area contributed by atoms with Crippen molar-refractivity contribution in [1.82, 2.24) is 10.6 Å². The maximum Gasteiger partial charge on any atom is 0.191 e. The van der Waals surface area contributed by atoms with E-state index in [1.54, 1.807) is 0 Å². The Morgan fingerprint density at radius 3 is 2.71 bits per heavy atom. The highest BCUT2D eigenvalue weighted by Crippen LogP contribution is 2.14. The Hall–Kier alpha value is -0.810. The van der Waals surface area contributed by atoms with Crippen LogP contribution in [0.2, 0.25) is 0 Å². The second-order valence-electron chi connectivity index (χ2n) is 5.53. The quantitative estimate of drug-likeness (QED) is 0.369. The predicted molar refractivity (Wildman–Crippen MR) is 87.9 cm³/mol. The summed E-state index contributed by atoms with van der Waals surface area (Å²) in [4.78, 5) is 4.56. The van der Waals surface area contributed by atoms with Crippen molar-refractivity contribution >= 4 is 5.96 Å². The number of ether oxygens (including phenoxy) is 2. The number of hydrogen-bond donors (Lipinski definition) is 2. The minimum Gasteiger partial charge on any atom is -0.381 e. The molecule has 0 aromatic heterocycles. The van der Waals surface area contributed by atoms with Crippen LogP contribution in [0.3, 0.4) is 0 Å². The SMILES string of the molecule is CCCCNC(=NCCCOCC1CCOCC1)NCC. The molecular formula is C16H33N3O2. The Morgan fingerprint density at radius 1 is 1.19 bits per heavy atom. The van der Waals surface area contributed by atoms with Gasteiger partial charge in [-0.2, -0.15) is 0 Å². The Labute approximate surface area is 129 Å². The van der Waals surface area contributed by atoms with Gasteiger partial charge in [0.25, 0.3) is 0 Å². The molecule has 0 bridgehead atoms. The molecule has 1 aliphatic heterocycles. The highest BCUT2D eigenvalue weighted by molar-refractivity contribution is 5.79. The van der Waals surface area contributed by atoms with Crippen molar-refractivity contribution < 1.29 is 9.47 Å². The normalized spacial score (nSPS) is 17.0. The third kappa shape index (κ3) is 9.69. The van der Waals surface area contributed by atoms with Gasteiger partial charge in [0, 0.05) is 46.1 Å². The average Bonchev–Trinajstić information content (AvgIpc) is 2.52. The first kappa shape index (κ1) is 18.2. The van der Waals surface area contributed by atoms with Gasteiger partial charge in [-0.1, -0.05) is 13.3 Å². The molecule has 1 rings (SSSR count). The standard InChI is InChI=1S/C16H33N3O2/c1-3-5-9-18-16(17-4-2)19-10-6-11-21-14-15-7-12-20-13-8-15/h15H,3-14H2,1-2H3,(H2,17,18,19). The number of rotatable bonds is 10. The average molecular weight is 299 g/mol. The van der Waals surface area contributed by atoms with Gasteiger partial charge in [-0.05, 0) is 38.5 Å².